The maximum Gasteiger partial charge on any atom is 0.307 e. The Morgan fingerprint density at radius 3 is 2.40 bits per heavy atom. The van der Waals surface area contributed by atoms with Crippen LogP contribution in [0.5, 0.6) is 11.6 Å². The predicted octanol–water partition coefficient (Wildman–Crippen LogP) is 6.06. The van der Waals surface area contributed by atoms with Gasteiger partial charge >= 0.3 is 5.97 Å². The SMILES string of the molecule is C[C@@H]1CC/C=C\[C@@H]2C[C@@]2(C(=O)NS(=O)(=O)C2CC2)CC(=O)[C@@H]2C[C@@H](Oc3ncc(OC4CC4)c4ccccc34)CN2C(=O)[C@@H](CC(=O)OC(C)(C)C)[C@H](C)C1. The Kier molecular flexibility index (Phi) is 10.8. The van der Waals surface area contributed by atoms with E-state index in [4.69, 9.17) is 14.2 Å². The Morgan fingerprint density at radius 1 is 0.982 bits per heavy atom. The number of sulfonamides is 1. The summed E-state index contributed by atoms with van der Waals surface area (Å²) >= 11 is 0. The zero-order valence-corrected chi connectivity index (χ0v) is 33.4. The highest BCUT2D eigenvalue weighted by Crippen LogP contribution is 2.57. The van der Waals surface area contributed by atoms with Gasteiger partial charge in [-0.3, -0.25) is 23.9 Å². The highest BCUT2D eigenvalue weighted by atomic mass is 32.2. The van der Waals surface area contributed by atoms with Crippen molar-refractivity contribution >= 4 is 44.4 Å². The summed E-state index contributed by atoms with van der Waals surface area (Å²) in [4.78, 5) is 62.9. The summed E-state index contributed by atoms with van der Waals surface area (Å²) in [5.74, 6) is -1.87. The van der Waals surface area contributed by atoms with Crippen LogP contribution in [0, 0.1) is 29.1 Å². The summed E-state index contributed by atoms with van der Waals surface area (Å²) in [5, 5.41) is 0.999. The molecule has 12 nitrogen and oxygen atoms in total. The third-order valence-corrected chi connectivity index (χ3v) is 13.6. The Labute approximate surface area is 324 Å². The second kappa shape index (κ2) is 15.2. The van der Waals surface area contributed by atoms with E-state index in [0.29, 0.717) is 37.3 Å². The van der Waals surface area contributed by atoms with Gasteiger partial charge in [0.2, 0.25) is 27.7 Å². The number of hydrogen-bond donors (Lipinski definition) is 1. The molecule has 3 heterocycles. The van der Waals surface area contributed by atoms with Crippen LogP contribution < -0.4 is 14.2 Å². The van der Waals surface area contributed by atoms with E-state index in [-0.39, 0.29) is 61.4 Å². The van der Waals surface area contributed by atoms with Crippen molar-refractivity contribution in [2.24, 2.45) is 29.1 Å². The van der Waals surface area contributed by atoms with Crippen LogP contribution in [0.3, 0.4) is 0 Å². The average Bonchev–Trinajstić information content (AvgIpc) is 4.01. The second-order valence-corrected chi connectivity index (χ2v) is 19.7. The van der Waals surface area contributed by atoms with Gasteiger partial charge in [-0.05, 0) is 96.0 Å². The number of ketones is 1. The lowest BCUT2D eigenvalue weighted by molar-refractivity contribution is -0.160. The van der Waals surface area contributed by atoms with Gasteiger partial charge in [-0.15, -0.1) is 0 Å². The number of fused-ring (bicyclic) bond motifs is 3. The molecule has 13 heteroatoms. The molecule has 7 rings (SSSR count). The van der Waals surface area contributed by atoms with Crippen LogP contribution in [0.2, 0.25) is 0 Å². The zero-order valence-electron chi connectivity index (χ0n) is 32.6. The van der Waals surface area contributed by atoms with Gasteiger partial charge in [-0.1, -0.05) is 44.2 Å². The van der Waals surface area contributed by atoms with Crippen molar-refractivity contribution in [3.63, 3.8) is 0 Å². The van der Waals surface area contributed by atoms with Gasteiger partial charge in [-0.2, -0.15) is 0 Å². The van der Waals surface area contributed by atoms with Crippen molar-refractivity contribution < 1.29 is 41.8 Å². The average molecular weight is 778 g/mol. The third kappa shape index (κ3) is 9.02. The van der Waals surface area contributed by atoms with Gasteiger partial charge in [0.1, 0.15) is 17.5 Å². The first-order valence-electron chi connectivity index (χ1n) is 20.0. The quantitative estimate of drug-likeness (QED) is 0.235. The number of pyridine rings is 1. The van der Waals surface area contributed by atoms with Crippen LogP contribution in [-0.2, 0) is 33.9 Å². The van der Waals surface area contributed by atoms with E-state index in [1.807, 2.05) is 43.3 Å². The van der Waals surface area contributed by atoms with E-state index in [9.17, 15) is 27.6 Å². The van der Waals surface area contributed by atoms with E-state index in [1.165, 1.54) is 4.90 Å². The molecule has 298 valence electrons. The molecule has 3 saturated carbocycles. The number of carbonyl (C=O) groups is 4. The molecule has 2 amide bonds. The number of benzene rings is 1. The maximum absolute atomic E-state index is 14.9. The molecule has 0 spiro atoms. The Balaban J connectivity index is 1.21. The van der Waals surface area contributed by atoms with E-state index >= 15 is 0 Å². The molecule has 0 bridgehead atoms. The van der Waals surface area contributed by atoms with Crippen LogP contribution in [0.25, 0.3) is 10.8 Å². The van der Waals surface area contributed by atoms with Crippen molar-refractivity contribution in [3.05, 3.63) is 42.6 Å². The number of nitrogens with zero attached hydrogens (tertiary/aromatic N) is 2. The summed E-state index contributed by atoms with van der Waals surface area (Å²) in [6.45, 7) is 9.53. The van der Waals surface area contributed by atoms with Gasteiger partial charge < -0.3 is 19.1 Å². The Morgan fingerprint density at radius 2 is 1.71 bits per heavy atom. The monoisotopic (exact) mass is 777 g/mol. The van der Waals surface area contributed by atoms with Gasteiger partial charge in [0.15, 0.2) is 5.78 Å². The standard InChI is InChI=1S/C42H55N3O9S/c1-25-10-6-7-11-27-21-42(27,40(49)44-55(50,51)30-16-17-30)22-35(46)34-19-29(24-45(34)39(48)33(26(2)18-25)20-37(47)54-41(3,4)5)53-38-32-13-9-8-12-31(32)36(23-43-38)52-28-14-15-28/h7-9,11-13,23,25-30,33-34H,6,10,14-22,24H2,1-5H3,(H,44,49)/b11-7-/t25-,26-,27-,29-,33+,34+,42-/m1/s1. The van der Waals surface area contributed by atoms with E-state index in [1.54, 1.807) is 27.0 Å². The Bertz CT molecular complexity index is 1970. The van der Waals surface area contributed by atoms with Crippen LogP contribution >= 0.6 is 0 Å². The molecule has 3 aliphatic carbocycles. The number of Topliss-reactive ketones (excluding diaryl/α,β-unsaturated/α-hetero) is 1. The predicted molar refractivity (Wildman–Crippen MR) is 205 cm³/mol. The van der Waals surface area contributed by atoms with Crippen molar-refractivity contribution in [3.8, 4) is 11.6 Å². The number of amides is 2. The lowest BCUT2D eigenvalue weighted by Gasteiger charge is -2.32. The van der Waals surface area contributed by atoms with Crippen LogP contribution in [0.15, 0.2) is 42.6 Å². The number of carbonyl (C=O) groups excluding carboxylic acids is 4. The molecule has 1 saturated heterocycles. The van der Waals surface area contributed by atoms with Crippen molar-refractivity contribution in [1.29, 1.82) is 0 Å². The van der Waals surface area contributed by atoms with Crippen molar-refractivity contribution in [2.45, 2.75) is 134 Å². The smallest absolute Gasteiger partial charge is 0.307 e. The van der Waals surface area contributed by atoms with Crippen LogP contribution in [-0.4, -0.2) is 77.5 Å². The normalized spacial score (nSPS) is 31.0. The number of ether oxygens (including phenoxy) is 3. The molecule has 55 heavy (non-hydrogen) atoms. The second-order valence-electron chi connectivity index (χ2n) is 17.8. The zero-order chi connectivity index (χ0) is 39.3. The first kappa shape index (κ1) is 39.2. The minimum Gasteiger partial charge on any atom is -0.488 e. The first-order valence-corrected chi connectivity index (χ1v) is 21.6. The topological polar surface area (TPSA) is 158 Å². The highest BCUT2D eigenvalue weighted by molar-refractivity contribution is 7.90. The molecular formula is C42H55N3O9S. The summed E-state index contributed by atoms with van der Waals surface area (Å²) in [6, 6.07) is 6.70. The van der Waals surface area contributed by atoms with Crippen LogP contribution in [0.4, 0.5) is 0 Å². The molecule has 0 radical (unpaired) electrons. The number of allylic oxidation sites excluding steroid dienone is 2. The fraction of sp³-hybridized carbons (Fsp3) is 0.643. The highest BCUT2D eigenvalue weighted by Gasteiger charge is 2.61. The molecule has 1 N–H and O–H groups in total. The largest absolute Gasteiger partial charge is 0.488 e. The van der Waals surface area contributed by atoms with Crippen LogP contribution in [0.1, 0.15) is 105 Å². The summed E-state index contributed by atoms with van der Waals surface area (Å²) < 4.78 is 46.5. The third-order valence-electron chi connectivity index (χ3n) is 11.8. The van der Waals surface area contributed by atoms with Crippen molar-refractivity contribution in [1.82, 2.24) is 14.6 Å². The minimum atomic E-state index is -3.85. The van der Waals surface area contributed by atoms with Gasteiger partial charge in [0, 0.05) is 23.6 Å². The minimum absolute atomic E-state index is 0.0667. The number of hydrogen-bond acceptors (Lipinski definition) is 10. The van der Waals surface area contributed by atoms with E-state index in [2.05, 4.69) is 16.6 Å². The summed E-state index contributed by atoms with van der Waals surface area (Å²) in [5.41, 5.74) is -1.99. The molecule has 7 atom stereocenters. The number of nitrogens with one attached hydrogen (secondary N) is 1. The Hall–Kier alpha value is -4.00. The molecule has 5 aliphatic rings. The molecule has 4 fully saturated rings. The van der Waals surface area contributed by atoms with Gasteiger partial charge in [0.05, 0.1) is 47.9 Å². The molecule has 1 aromatic carbocycles. The van der Waals surface area contributed by atoms with Crippen molar-refractivity contribution in [2.75, 3.05) is 6.54 Å². The fourth-order valence-electron chi connectivity index (χ4n) is 8.40. The van der Waals surface area contributed by atoms with E-state index in [0.717, 1.165) is 36.5 Å². The molecule has 0 unspecified atom stereocenters. The molecule has 2 aromatic rings. The summed E-state index contributed by atoms with van der Waals surface area (Å²) in [6.07, 6.45) is 10.5. The first-order chi connectivity index (χ1) is 26.0. The van der Waals surface area contributed by atoms with Gasteiger partial charge in [-0.25, -0.2) is 13.4 Å². The molecule has 2 aliphatic heterocycles. The fourth-order valence-corrected chi connectivity index (χ4v) is 9.79. The molecular weight excluding hydrogens is 723 g/mol. The number of aromatic nitrogens is 1. The summed E-state index contributed by atoms with van der Waals surface area (Å²) in [7, 11) is -3.85. The number of rotatable bonds is 9. The lowest BCUT2D eigenvalue weighted by Crippen LogP contribution is -2.47. The lowest BCUT2D eigenvalue weighted by atomic mass is 9.82. The van der Waals surface area contributed by atoms with Gasteiger partial charge in [0.25, 0.3) is 0 Å². The molecule has 1 aromatic heterocycles. The number of esters is 1. The van der Waals surface area contributed by atoms with E-state index < -0.39 is 56.2 Å². The maximum atomic E-state index is 14.9.